The zero-order valence-corrected chi connectivity index (χ0v) is 18.1. The van der Waals surface area contributed by atoms with Crippen LogP contribution in [0.15, 0.2) is 41.9 Å². The number of benzene rings is 1. The van der Waals surface area contributed by atoms with Gasteiger partial charge in [0.05, 0.1) is 22.8 Å². The van der Waals surface area contributed by atoms with Gasteiger partial charge >= 0.3 is 5.97 Å². The summed E-state index contributed by atoms with van der Waals surface area (Å²) in [6, 6.07) is 7.63. The Kier molecular flexibility index (Phi) is 5.94. The largest absolute Gasteiger partial charge is 0.486 e. The van der Waals surface area contributed by atoms with Crippen LogP contribution < -0.4 is 4.74 Å². The molecule has 0 amide bonds. The zero-order chi connectivity index (χ0) is 22.0. The molecule has 3 heterocycles. The molecular weight excluding hydrogens is 419 g/mol. The predicted molar refractivity (Wildman–Crippen MR) is 115 cm³/mol. The molecule has 31 heavy (non-hydrogen) atoms. The van der Waals surface area contributed by atoms with Crippen molar-refractivity contribution in [3.05, 3.63) is 69.7 Å². The Morgan fingerprint density at radius 2 is 1.97 bits per heavy atom. The second-order valence-corrected chi connectivity index (χ2v) is 8.23. The average Bonchev–Trinajstić information content (AvgIpc) is 3.38. The van der Waals surface area contributed by atoms with Crippen molar-refractivity contribution < 1.29 is 18.7 Å². The van der Waals surface area contributed by atoms with Crippen molar-refractivity contribution in [2.24, 2.45) is 0 Å². The van der Waals surface area contributed by atoms with Gasteiger partial charge < -0.3 is 9.47 Å². The van der Waals surface area contributed by atoms with Crippen LogP contribution in [0.4, 0.5) is 4.39 Å². The number of hydrogen-bond acceptors (Lipinski definition) is 7. The molecule has 0 aliphatic rings. The molecular formula is C22H21FN4O3S. The summed E-state index contributed by atoms with van der Waals surface area (Å²) in [5.74, 6) is -0.205. The molecule has 1 aromatic carbocycles. The normalized spacial score (nSPS) is 11.3. The lowest BCUT2D eigenvalue weighted by atomic mass is 10.1. The average molecular weight is 441 g/mol. The van der Waals surface area contributed by atoms with Crippen LogP contribution in [0.1, 0.15) is 46.6 Å². The van der Waals surface area contributed by atoms with Crippen LogP contribution in [-0.4, -0.2) is 25.7 Å². The fourth-order valence-electron chi connectivity index (χ4n) is 3.06. The first-order chi connectivity index (χ1) is 14.9. The molecule has 0 aliphatic carbocycles. The van der Waals surface area contributed by atoms with Crippen LogP contribution in [0, 0.1) is 12.7 Å². The molecule has 0 fully saturated rings. The Labute approximate surface area is 182 Å². The summed E-state index contributed by atoms with van der Waals surface area (Å²) >= 11 is 1.41. The van der Waals surface area contributed by atoms with E-state index in [0.29, 0.717) is 28.0 Å². The summed E-state index contributed by atoms with van der Waals surface area (Å²) in [4.78, 5) is 21.7. The van der Waals surface area contributed by atoms with Crippen LogP contribution in [0.25, 0.3) is 11.0 Å². The van der Waals surface area contributed by atoms with Crippen molar-refractivity contribution in [2.45, 2.75) is 40.0 Å². The number of thiazole rings is 1. The van der Waals surface area contributed by atoms with E-state index >= 15 is 0 Å². The Morgan fingerprint density at radius 3 is 2.71 bits per heavy atom. The van der Waals surface area contributed by atoms with Crippen LogP contribution >= 0.6 is 11.3 Å². The number of esters is 1. The fourth-order valence-corrected chi connectivity index (χ4v) is 3.75. The molecule has 0 atom stereocenters. The number of carbonyl (C=O) groups is 1. The summed E-state index contributed by atoms with van der Waals surface area (Å²) in [6.07, 6.45) is 1.64. The van der Waals surface area contributed by atoms with Crippen molar-refractivity contribution >= 4 is 28.3 Å². The third-order valence-electron chi connectivity index (χ3n) is 4.53. The SMILES string of the molecule is Cc1cc(C(=O)OCc2csc(COc3ccc(F)cc3)n2)c2cnn(C(C)C)c2n1. The third-order valence-corrected chi connectivity index (χ3v) is 5.40. The van der Waals surface area contributed by atoms with Crippen LogP contribution in [-0.2, 0) is 18.0 Å². The molecule has 7 nitrogen and oxygen atoms in total. The maximum atomic E-state index is 13.0. The van der Waals surface area contributed by atoms with E-state index in [0.717, 1.165) is 10.7 Å². The molecule has 160 valence electrons. The summed E-state index contributed by atoms with van der Waals surface area (Å²) in [5, 5.41) is 7.57. The molecule has 0 bridgehead atoms. The summed E-state index contributed by atoms with van der Waals surface area (Å²) in [5.41, 5.74) is 2.45. The Hall–Kier alpha value is -3.33. The van der Waals surface area contributed by atoms with Gasteiger partial charge in [0.25, 0.3) is 0 Å². The quantitative estimate of drug-likeness (QED) is 0.382. The first-order valence-electron chi connectivity index (χ1n) is 9.74. The number of pyridine rings is 1. The highest BCUT2D eigenvalue weighted by atomic mass is 32.1. The van der Waals surface area contributed by atoms with Gasteiger partial charge in [0, 0.05) is 17.1 Å². The highest BCUT2D eigenvalue weighted by Crippen LogP contribution is 2.22. The van der Waals surface area contributed by atoms with E-state index in [2.05, 4.69) is 15.1 Å². The van der Waals surface area contributed by atoms with E-state index in [1.54, 1.807) is 29.1 Å². The molecule has 3 aromatic heterocycles. The van der Waals surface area contributed by atoms with Crippen molar-refractivity contribution in [3.8, 4) is 5.75 Å². The number of halogens is 1. The molecule has 0 saturated carbocycles. The van der Waals surface area contributed by atoms with Gasteiger partial charge in [-0.3, -0.25) is 0 Å². The predicted octanol–water partition coefficient (Wildman–Crippen LogP) is 4.85. The molecule has 0 radical (unpaired) electrons. The maximum Gasteiger partial charge on any atom is 0.339 e. The topological polar surface area (TPSA) is 79.1 Å². The lowest BCUT2D eigenvalue weighted by molar-refractivity contribution is 0.0470. The molecule has 0 spiro atoms. The minimum Gasteiger partial charge on any atom is -0.486 e. The van der Waals surface area contributed by atoms with Gasteiger partial charge in [0.1, 0.15) is 29.8 Å². The second-order valence-electron chi connectivity index (χ2n) is 7.28. The molecule has 9 heteroatoms. The number of ether oxygens (including phenoxy) is 2. The van der Waals surface area contributed by atoms with E-state index in [9.17, 15) is 9.18 Å². The number of rotatable bonds is 7. The van der Waals surface area contributed by atoms with E-state index in [1.807, 2.05) is 26.2 Å². The summed E-state index contributed by atoms with van der Waals surface area (Å²) < 4.78 is 25.8. The van der Waals surface area contributed by atoms with Crippen molar-refractivity contribution in [1.29, 1.82) is 0 Å². The molecule has 0 saturated heterocycles. The van der Waals surface area contributed by atoms with Gasteiger partial charge in [-0.25, -0.2) is 23.8 Å². The zero-order valence-electron chi connectivity index (χ0n) is 17.3. The van der Waals surface area contributed by atoms with Crippen molar-refractivity contribution in [1.82, 2.24) is 19.7 Å². The third kappa shape index (κ3) is 4.72. The Balaban J connectivity index is 1.41. The first kappa shape index (κ1) is 20.9. The fraction of sp³-hybridized carbons (Fsp3) is 0.273. The number of aromatic nitrogens is 4. The van der Waals surface area contributed by atoms with Crippen LogP contribution in [0.2, 0.25) is 0 Å². The number of aryl methyl sites for hydroxylation is 1. The monoisotopic (exact) mass is 440 g/mol. The molecule has 0 aliphatic heterocycles. The van der Waals surface area contributed by atoms with Gasteiger partial charge in [-0.15, -0.1) is 11.3 Å². The minimum absolute atomic E-state index is 0.0487. The summed E-state index contributed by atoms with van der Waals surface area (Å²) in [7, 11) is 0. The van der Waals surface area contributed by atoms with Crippen LogP contribution in [0.5, 0.6) is 5.75 Å². The van der Waals surface area contributed by atoms with Gasteiger partial charge in [0.15, 0.2) is 5.65 Å². The Bertz CT molecular complexity index is 1220. The standard InChI is InChI=1S/C22H21FN4O3S/c1-13(2)27-21-19(9-24-27)18(8-14(3)25-21)22(28)30-10-16-12-31-20(26-16)11-29-17-6-4-15(23)5-7-17/h4-9,12-13H,10-11H2,1-3H3. The van der Waals surface area contributed by atoms with Crippen molar-refractivity contribution in [2.75, 3.05) is 0 Å². The van der Waals surface area contributed by atoms with E-state index in [1.165, 1.54) is 23.5 Å². The molecule has 0 unspecified atom stereocenters. The van der Waals surface area contributed by atoms with Gasteiger partial charge in [-0.05, 0) is 51.1 Å². The second kappa shape index (κ2) is 8.81. The van der Waals surface area contributed by atoms with Gasteiger partial charge in [-0.1, -0.05) is 0 Å². The molecule has 4 aromatic rings. The number of carbonyl (C=O) groups excluding carboxylic acids is 1. The smallest absolute Gasteiger partial charge is 0.339 e. The number of nitrogens with zero attached hydrogens (tertiary/aromatic N) is 4. The highest BCUT2D eigenvalue weighted by Gasteiger charge is 2.18. The van der Waals surface area contributed by atoms with E-state index < -0.39 is 5.97 Å². The van der Waals surface area contributed by atoms with Gasteiger partial charge in [0.2, 0.25) is 0 Å². The lowest BCUT2D eigenvalue weighted by Gasteiger charge is -2.09. The Morgan fingerprint density at radius 1 is 1.19 bits per heavy atom. The lowest BCUT2D eigenvalue weighted by Crippen LogP contribution is -2.09. The van der Waals surface area contributed by atoms with E-state index in [-0.39, 0.29) is 25.1 Å². The van der Waals surface area contributed by atoms with Crippen molar-refractivity contribution in [3.63, 3.8) is 0 Å². The highest BCUT2D eigenvalue weighted by molar-refractivity contribution is 7.09. The number of fused-ring (bicyclic) bond motifs is 1. The maximum absolute atomic E-state index is 13.0. The minimum atomic E-state index is -0.448. The first-order valence-corrected chi connectivity index (χ1v) is 10.6. The van der Waals surface area contributed by atoms with Crippen LogP contribution in [0.3, 0.4) is 0 Å². The molecule has 0 N–H and O–H groups in total. The summed E-state index contributed by atoms with van der Waals surface area (Å²) in [6.45, 7) is 6.15. The van der Waals surface area contributed by atoms with E-state index in [4.69, 9.17) is 9.47 Å². The molecule has 4 rings (SSSR count). The number of hydrogen-bond donors (Lipinski definition) is 0. The van der Waals surface area contributed by atoms with Gasteiger partial charge in [-0.2, -0.15) is 5.10 Å².